The Hall–Kier alpha value is -2.33. The zero-order chi connectivity index (χ0) is 16.1. The first-order valence-corrected chi connectivity index (χ1v) is 7.14. The van der Waals surface area contributed by atoms with E-state index in [9.17, 15) is 9.59 Å². The molecule has 0 bridgehead atoms. The summed E-state index contributed by atoms with van der Waals surface area (Å²) in [5, 5.41) is 3.32. The highest BCUT2D eigenvalue weighted by molar-refractivity contribution is 6.31. The van der Waals surface area contributed by atoms with Crippen molar-refractivity contribution in [1.29, 1.82) is 0 Å². The number of halogens is 1. The van der Waals surface area contributed by atoms with Gasteiger partial charge in [0.1, 0.15) is 5.75 Å². The van der Waals surface area contributed by atoms with Crippen molar-refractivity contribution in [2.24, 2.45) is 0 Å². The summed E-state index contributed by atoms with van der Waals surface area (Å²) in [7, 11) is 0. The quantitative estimate of drug-likeness (QED) is 0.852. The van der Waals surface area contributed by atoms with Gasteiger partial charge in [-0.3, -0.25) is 9.59 Å². The predicted molar refractivity (Wildman–Crippen MR) is 86.8 cm³/mol. The van der Waals surface area contributed by atoms with E-state index < -0.39 is 0 Å². The van der Waals surface area contributed by atoms with E-state index >= 15 is 0 Å². The van der Waals surface area contributed by atoms with E-state index in [4.69, 9.17) is 16.3 Å². The number of Topliss-reactive ketones (excluding diaryl/α,β-unsaturated/α-hetero) is 1. The van der Waals surface area contributed by atoms with Crippen LogP contribution in [0.4, 0.5) is 5.69 Å². The predicted octanol–water partition coefficient (Wildman–Crippen LogP) is 3.87. The average molecular weight is 318 g/mol. The van der Waals surface area contributed by atoms with Gasteiger partial charge in [0.15, 0.2) is 12.4 Å². The van der Waals surface area contributed by atoms with Crippen molar-refractivity contribution >= 4 is 29.0 Å². The monoisotopic (exact) mass is 317 g/mol. The molecule has 1 N–H and O–H groups in total. The van der Waals surface area contributed by atoms with Crippen LogP contribution in [0.2, 0.25) is 5.02 Å². The Labute approximate surface area is 134 Å². The van der Waals surface area contributed by atoms with Crippen LogP contribution in [-0.4, -0.2) is 18.3 Å². The first-order chi connectivity index (χ1) is 10.5. The number of amides is 1. The van der Waals surface area contributed by atoms with Crippen molar-refractivity contribution in [3.8, 4) is 5.75 Å². The third kappa shape index (κ3) is 3.86. The van der Waals surface area contributed by atoms with E-state index in [1.165, 1.54) is 6.92 Å². The number of carbonyl (C=O) groups excluding carboxylic acids is 2. The van der Waals surface area contributed by atoms with Gasteiger partial charge in [0.25, 0.3) is 5.91 Å². The zero-order valence-corrected chi connectivity index (χ0v) is 13.1. The van der Waals surface area contributed by atoms with Crippen molar-refractivity contribution in [1.82, 2.24) is 0 Å². The lowest BCUT2D eigenvalue weighted by atomic mass is 10.1. The first-order valence-electron chi connectivity index (χ1n) is 6.76. The van der Waals surface area contributed by atoms with Gasteiger partial charge in [-0.1, -0.05) is 29.8 Å². The smallest absolute Gasteiger partial charge is 0.262 e. The number of ketones is 1. The van der Waals surface area contributed by atoms with Gasteiger partial charge in [0.05, 0.1) is 5.56 Å². The van der Waals surface area contributed by atoms with Crippen LogP contribution in [0.25, 0.3) is 0 Å². The lowest BCUT2D eigenvalue weighted by Crippen LogP contribution is -2.21. The minimum atomic E-state index is -0.316. The van der Waals surface area contributed by atoms with E-state index in [1.54, 1.807) is 42.5 Å². The summed E-state index contributed by atoms with van der Waals surface area (Å²) >= 11 is 6.01. The molecule has 5 heteroatoms. The fraction of sp³-hybridized carbons (Fsp3) is 0.176. The van der Waals surface area contributed by atoms with Crippen molar-refractivity contribution in [3.63, 3.8) is 0 Å². The van der Waals surface area contributed by atoms with E-state index in [1.807, 2.05) is 6.92 Å². The van der Waals surface area contributed by atoms with Gasteiger partial charge in [0, 0.05) is 10.7 Å². The summed E-state index contributed by atoms with van der Waals surface area (Å²) in [5.41, 5.74) is 1.89. The summed E-state index contributed by atoms with van der Waals surface area (Å²) in [6.45, 7) is 3.09. The van der Waals surface area contributed by atoms with Crippen LogP contribution >= 0.6 is 11.6 Å². The molecule has 0 atom stereocenters. The van der Waals surface area contributed by atoms with Crippen LogP contribution in [0.15, 0.2) is 42.5 Å². The van der Waals surface area contributed by atoms with Crippen LogP contribution in [0.3, 0.4) is 0 Å². The highest BCUT2D eigenvalue weighted by Crippen LogP contribution is 2.23. The molecule has 114 valence electrons. The second-order valence-corrected chi connectivity index (χ2v) is 5.21. The summed E-state index contributed by atoms with van der Waals surface area (Å²) in [6.07, 6.45) is 0. The second-order valence-electron chi connectivity index (χ2n) is 4.80. The van der Waals surface area contributed by atoms with Gasteiger partial charge in [-0.15, -0.1) is 0 Å². The Kier molecular flexibility index (Phi) is 5.17. The second kappa shape index (κ2) is 7.09. The molecule has 2 aromatic rings. The number of benzene rings is 2. The first kappa shape index (κ1) is 16.0. The Balaban J connectivity index is 2.02. The van der Waals surface area contributed by atoms with Crippen LogP contribution in [0, 0.1) is 6.92 Å². The molecule has 0 spiro atoms. The average Bonchev–Trinajstić information content (AvgIpc) is 2.50. The van der Waals surface area contributed by atoms with Crippen LogP contribution in [0.1, 0.15) is 22.8 Å². The number of para-hydroxylation sites is 1. The number of carbonyl (C=O) groups is 2. The highest BCUT2D eigenvalue weighted by atomic mass is 35.5. The van der Waals surface area contributed by atoms with Gasteiger partial charge < -0.3 is 10.1 Å². The number of rotatable bonds is 5. The Morgan fingerprint density at radius 3 is 2.59 bits per heavy atom. The van der Waals surface area contributed by atoms with E-state index in [-0.39, 0.29) is 18.3 Å². The Bertz CT molecular complexity index is 713. The molecule has 4 nitrogen and oxygen atoms in total. The Morgan fingerprint density at radius 2 is 1.86 bits per heavy atom. The molecule has 22 heavy (non-hydrogen) atoms. The molecule has 0 aliphatic carbocycles. The zero-order valence-electron chi connectivity index (χ0n) is 12.4. The van der Waals surface area contributed by atoms with Crippen molar-refractivity contribution in [2.75, 3.05) is 11.9 Å². The summed E-state index contributed by atoms with van der Waals surface area (Å²) in [6, 6.07) is 12.1. The molecule has 0 fully saturated rings. The summed E-state index contributed by atoms with van der Waals surface area (Å²) in [5.74, 6) is -0.0293. The van der Waals surface area contributed by atoms with Gasteiger partial charge in [0.2, 0.25) is 0 Å². The number of ether oxygens (including phenoxy) is 1. The molecular weight excluding hydrogens is 302 g/mol. The molecule has 0 aromatic heterocycles. The third-order valence-electron chi connectivity index (χ3n) is 3.17. The van der Waals surface area contributed by atoms with Crippen LogP contribution in [0.5, 0.6) is 5.75 Å². The highest BCUT2D eigenvalue weighted by Gasteiger charge is 2.11. The maximum absolute atomic E-state index is 12.0. The van der Waals surface area contributed by atoms with Gasteiger partial charge in [-0.2, -0.15) is 0 Å². The normalized spacial score (nSPS) is 10.1. The molecule has 0 aliphatic rings. The number of hydrogen-bond acceptors (Lipinski definition) is 3. The van der Waals surface area contributed by atoms with Crippen molar-refractivity contribution < 1.29 is 14.3 Å². The number of nitrogens with one attached hydrogen (secondary N) is 1. The van der Waals surface area contributed by atoms with Gasteiger partial charge in [-0.25, -0.2) is 0 Å². The third-order valence-corrected chi connectivity index (χ3v) is 3.58. The lowest BCUT2D eigenvalue weighted by Gasteiger charge is -2.11. The topological polar surface area (TPSA) is 55.4 Å². The summed E-state index contributed by atoms with van der Waals surface area (Å²) in [4.78, 5) is 23.5. The van der Waals surface area contributed by atoms with Crippen molar-refractivity contribution in [2.45, 2.75) is 13.8 Å². The maximum Gasteiger partial charge on any atom is 0.262 e. The molecule has 0 saturated heterocycles. The molecule has 0 heterocycles. The minimum Gasteiger partial charge on any atom is -0.483 e. The standard InChI is InChI=1S/C17H16ClNO3/c1-11-14(18)7-5-8-15(11)19-17(21)10-22-16-9-4-3-6-13(16)12(2)20/h3-9H,10H2,1-2H3,(H,19,21). The fourth-order valence-corrected chi connectivity index (χ4v) is 2.13. The molecule has 0 saturated carbocycles. The minimum absolute atomic E-state index is 0.110. The molecule has 0 unspecified atom stereocenters. The molecule has 2 rings (SSSR count). The fourth-order valence-electron chi connectivity index (χ4n) is 1.96. The van der Waals surface area contributed by atoms with E-state index in [0.29, 0.717) is 22.0 Å². The molecule has 1 amide bonds. The van der Waals surface area contributed by atoms with Gasteiger partial charge in [-0.05, 0) is 43.7 Å². The molecule has 0 radical (unpaired) electrons. The number of anilines is 1. The van der Waals surface area contributed by atoms with Crippen LogP contribution < -0.4 is 10.1 Å². The maximum atomic E-state index is 12.0. The van der Waals surface area contributed by atoms with Crippen LogP contribution in [-0.2, 0) is 4.79 Å². The summed E-state index contributed by atoms with van der Waals surface area (Å²) < 4.78 is 5.44. The van der Waals surface area contributed by atoms with Gasteiger partial charge >= 0.3 is 0 Å². The van der Waals surface area contributed by atoms with Crippen molar-refractivity contribution in [3.05, 3.63) is 58.6 Å². The Morgan fingerprint density at radius 1 is 1.14 bits per heavy atom. The number of hydrogen-bond donors (Lipinski definition) is 1. The van der Waals surface area contributed by atoms with E-state index in [0.717, 1.165) is 5.56 Å². The van der Waals surface area contributed by atoms with E-state index in [2.05, 4.69) is 5.32 Å². The molecular formula is C17H16ClNO3. The lowest BCUT2D eigenvalue weighted by molar-refractivity contribution is -0.118. The molecule has 0 aliphatic heterocycles. The molecule has 2 aromatic carbocycles. The largest absolute Gasteiger partial charge is 0.483 e. The SMILES string of the molecule is CC(=O)c1ccccc1OCC(=O)Nc1cccc(Cl)c1C.